The van der Waals surface area contributed by atoms with Crippen molar-refractivity contribution in [1.29, 1.82) is 0 Å². The number of amides is 1. The molecule has 0 saturated carbocycles. The van der Waals surface area contributed by atoms with Crippen molar-refractivity contribution < 1.29 is 4.79 Å². The van der Waals surface area contributed by atoms with Gasteiger partial charge in [-0.3, -0.25) is 14.2 Å². The van der Waals surface area contributed by atoms with Gasteiger partial charge in [0.2, 0.25) is 5.91 Å². The van der Waals surface area contributed by atoms with Gasteiger partial charge >= 0.3 is 0 Å². The van der Waals surface area contributed by atoms with E-state index in [-0.39, 0.29) is 18.0 Å². The van der Waals surface area contributed by atoms with Crippen LogP contribution in [0.3, 0.4) is 0 Å². The molecule has 0 atom stereocenters. The third-order valence-electron chi connectivity index (χ3n) is 5.87. The molecule has 0 spiro atoms. The number of aryl methyl sites for hydroxylation is 2. The topological polar surface area (TPSA) is 92.7 Å². The second-order valence-corrected chi connectivity index (χ2v) is 8.18. The molecule has 0 aliphatic rings. The summed E-state index contributed by atoms with van der Waals surface area (Å²) in [6.07, 6.45) is 1.25. The Morgan fingerprint density at radius 3 is 2.58 bits per heavy atom. The van der Waals surface area contributed by atoms with Crippen LogP contribution in [0.2, 0.25) is 0 Å². The summed E-state index contributed by atoms with van der Waals surface area (Å²) in [5, 5.41) is 2.89. The van der Waals surface area contributed by atoms with Crippen LogP contribution in [0.15, 0.2) is 71.7 Å². The average molecular weight is 438 g/mol. The van der Waals surface area contributed by atoms with Gasteiger partial charge in [0.1, 0.15) is 12.4 Å². The van der Waals surface area contributed by atoms with Crippen molar-refractivity contribution in [2.45, 2.75) is 26.9 Å². The maximum Gasteiger partial charge on any atom is 0.269 e. The van der Waals surface area contributed by atoms with E-state index in [4.69, 9.17) is 4.98 Å². The first-order chi connectivity index (χ1) is 16.0. The molecule has 0 fully saturated rings. The van der Waals surface area contributed by atoms with Crippen molar-refractivity contribution >= 4 is 28.0 Å². The van der Waals surface area contributed by atoms with Crippen LogP contribution < -0.4 is 10.9 Å². The van der Waals surface area contributed by atoms with Crippen LogP contribution in [0, 0.1) is 13.8 Å². The fraction of sp³-hybridized carbons (Fsp3) is 0.154. The number of nitrogens with zero attached hydrogens (tertiary/aromatic N) is 3. The molecule has 7 nitrogen and oxygen atoms in total. The Morgan fingerprint density at radius 1 is 1.00 bits per heavy atom. The van der Waals surface area contributed by atoms with Crippen LogP contribution in [-0.4, -0.2) is 25.4 Å². The third-order valence-corrected chi connectivity index (χ3v) is 5.87. The predicted octanol–water partition coefficient (Wildman–Crippen LogP) is 3.87. The van der Waals surface area contributed by atoms with Crippen LogP contribution in [-0.2, 0) is 17.9 Å². The second-order valence-electron chi connectivity index (χ2n) is 8.18. The predicted molar refractivity (Wildman–Crippen MR) is 129 cm³/mol. The molecule has 0 aliphatic carbocycles. The molecule has 0 saturated heterocycles. The molecule has 164 valence electrons. The maximum atomic E-state index is 12.5. The summed E-state index contributed by atoms with van der Waals surface area (Å²) < 4.78 is 1.44. The van der Waals surface area contributed by atoms with Gasteiger partial charge in [-0.1, -0.05) is 36.4 Å². The highest BCUT2D eigenvalue weighted by molar-refractivity contribution is 5.81. The molecule has 2 aromatic heterocycles. The van der Waals surface area contributed by atoms with E-state index >= 15 is 0 Å². The number of H-pyrrole nitrogens is 1. The Labute approximate surface area is 190 Å². The molecular formula is C26H23N5O2. The first-order valence-electron chi connectivity index (χ1n) is 10.8. The number of carbonyl (C=O) groups excluding carboxylic acids is 1. The minimum atomic E-state index is -0.301. The molecular weight excluding hydrogens is 414 g/mol. The quantitative estimate of drug-likeness (QED) is 0.437. The minimum absolute atomic E-state index is 0.0578. The van der Waals surface area contributed by atoms with Gasteiger partial charge in [-0.15, -0.1) is 0 Å². The number of fused-ring (bicyclic) bond motifs is 2. The summed E-state index contributed by atoms with van der Waals surface area (Å²) in [5.41, 5.74) is 7.36. The lowest BCUT2D eigenvalue weighted by molar-refractivity contribution is -0.121. The van der Waals surface area contributed by atoms with Gasteiger partial charge in [-0.05, 0) is 54.8 Å². The molecule has 3 aromatic carbocycles. The Hall–Kier alpha value is -4.26. The number of hydrogen-bond acceptors (Lipinski definition) is 4. The Balaban J connectivity index is 1.27. The van der Waals surface area contributed by atoms with Gasteiger partial charge in [0.05, 0.1) is 28.3 Å². The monoisotopic (exact) mass is 437 g/mol. The first kappa shape index (κ1) is 20.6. The lowest BCUT2D eigenvalue weighted by Gasteiger charge is -2.10. The van der Waals surface area contributed by atoms with E-state index in [1.807, 2.05) is 42.5 Å². The van der Waals surface area contributed by atoms with E-state index in [1.54, 1.807) is 6.07 Å². The SMILES string of the molecule is Cc1cc2nc(-c3ccc(CNC(=O)Cn4c(=O)cnc5ccccc54)cc3)[nH]c2cc1C. The van der Waals surface area contributed by atoms with Gasteiger partial charge in [0.25, 0.3) is 5.56 Å². The fourth-order valence-electron chi connectivity index (χ4n) is 3.86. The van der Waals surface area contributed by atoms with Crippen LogP contribution in [0.1, 0.15) is 16.7 Å². The zero-order chi connectivity index (χ0) is 22.9. The maximum absolute atomic E-state index is 12.5. The second kappa shape index (κ2) is 8.35. The van der Waals surface area contributed by atoms with E-state index in [9.17, 15) is 9.59 Å². The van der Waals surface area contributed by atoms with Crippen molar-refractivity contribution in [2.24, 2.45) is 0 Å². The van der Waals surface area contributed by atoms with E-state index in [0.29, 0.717) is 17.6 Å². The van der Waals surface area contributed by atoms with Gasteiger partial charge in [-0.2, -0.15) is 0 Å². The highest BCUT2D eigenvalue weighted by Gasteiger charge is 2.10. The number of para-hydroxylation sites is 2. The van der Waals surface area contributed by atoms with Gasteiger partial charge < -0.3 is 10.3 Å². The molecule has 2 heterocycles. The summed E-state index contributed by atoms with van der Waals surface area (Å²) >= 11 is 0. The number of aromatic nitrogens is 4. The number of nitrogens with one attached hydrogen (secondary N) is 2. The van der Waals surface area contributed by atoms with Crippen LogP contribution in [0.5, 0.6) is 0 Å². The van der Waals surface area contributed by atoms with Crippen molar-refractivity contribution in [3.63, 3.8) is 0 Å². The molecule has 0 aliphatic heterocycles. The van der Waals surface area contributed by atoms with Crippen molar-refractivity contribution in [3.05, 3.63) is 93.9 Å². The van der Waals surface area contributed by atoms with Gasteiger partial charge in [-0.25, -0.2) is 9.97 Å². The fourth-order valence-corrected chi connectivity index (χ4v) is 3.86. The summed E-state index contributed by atoms with van der Waals surface area (Å²) in [6, 6.07) is 19.4. The van der Waals surface area contributed by atoms with E-state index < -0.39 is 0 Å². The number of hydrogen-bond donors (Lipinski definition) is 2. The normalized spacial score (nSPS) is 11.2. The van der Waals surface area contributed by atoms with E-state index in [0.717, 1.165) is 28.0 Å². The van der Waals surface area contributed by atoms with Crippen LogP contribution in [0.25, 0.3) is 33.5 Å². The summed E-state index contributed by atoms with van der Waals surface area (Å²) in [4.78, 5) is 37.0. The molecule has 5 aromatic rings. The van der Waals surface area contributed by atoms with Crippen molar-refractivity contribution in [2.75, 3.05) is 0 Å². The molecule has 0 bridgehead atoms. The Morgan fingerprint density at radius 2 is 1.76 bits per heavy atom. The number of benzene rings is 3. The summed E-state index contributed by atoms with van der Waals surface area (Å²) in [5.74, 6) is 0.579. The molecule has 0 unspecified atom stereocenters. The van der Waals surface area contributed by atoms with E-state index in [1.165, 1.54) is 21.9 Å². The molecule has 1 amide bonds. The average Bonchev–Trinajstić information content (AvgIpc) is 3.23. The Kier molecular flexibility index (Phi) is 5.22. The van der Waals surface area contributed by atoms with Crippen LogP contribution in [0.4, 0.5) is 0 Å². The molecule has 2 N–H and O–H groups in total. The van der Waals surface area contributed by atoms with E-state index in [2.05, 4.69) is 41.3 Å². The van der Waals surface area contributed by atoms with Gasteiger partial charge in [0.15, 0.2) is 0 Å². The van der Waals surface area contributed by atoms with Crippen LogP contribution >= 0.6 is 0 Å². The summed E-state index contributed by atoms with van der Waals surface area (Å²) in [7, 11) is 0. The Bertz CT molecular complexity index is 1510. The highest BCUT2D eigenvalue weighted by atomic mass is 16.2. The highest BCUT2D eigenvalue weighted by Crippen LogP contribution is 2.23. The van der Waals surface area contributed by atoms with Crippen molar-refractivity contribution in [1.82, 2.24) is 24.8 Å². The lowest BCUT2D eigenvalue weighted by atomic mass is 10.1. The summed E-state index contributed by atoms with van der Waals surface area (Å²) in [6.45, 7) is 4.48. The number of carbonyl (C=O) groups is 1. The minimum Gasteiger partial charge on any atom is -0.350 e. The molecule has 0 radical (unpaired) electrons. The lowest BCUT2D eigenvalue weighted by Crippen LogP contribution is -2.32. The van der Waals surface area contributed by atoms with Crippen molar-refractivity contribution in [3.8, 4) is 11.4 Å². The third kappa shape index (κ3) is 4.13. The first-order valence-corrected chi connectivity index (χ1v) is 10.8. The zero-order valence-electron chi connectivity index (χ0n) is 18.4. The standard InChI is InChI=1S/C26H23N5O2/c1-16-11-21-22(12-17(16)2)30-26(29-21)19-9-7-18(8-10-19)13-28-24(32)15-31-23-6-4-3-5-20(23)27-14-25(31)33/h3-12,14H,13,15H2,1-2H3,(H,28,32)(H,29,30). The zero-order valence-corrected chi connectivity index (χ0v) is 18.4. The largest absolute Gasteiger partial charge is 0.350 e. The van der Waals surface area contributed by atoms with Gasteiger partial charge in [0, 0.05) is 12.1 Å². The number of rotatable bonds is 5. The number of imidazole rings is 1. The molecule has 7 heteroatoms. The molecule has 5 rings (SSSR count). The molecule has 33 heavy (non-hydrogen) atoms. The smallest absolute Gasteiger partial charge is 0.269 e. The number of aromatic amines is 1.